The first kappa shape index (κ1) is 22.9. The van der Waals surface area contributed by atoms with Gasteiger partial charge in [0.2, 0.25) is 0 Å². The first-order valence-electron chi connectivity index (χ1n) is 7.60. The lowest BCUT2D eigenvalue weighted by molar-refractivity contribution is 0.100. The summed E-state index contributed by atoms with van der Waals surface area (Å²) in [6.07, 6.45) is 0. The average Bonchev–Trinajstić information content (AvgIpc) is 2.59. The van der Waals surface area contributed by atoms with Crippen molar-refractivity contribution < 1.29 is 30.0 Å². The second kappa shape index (κ2) is 11.5. The molecule has 0 saturated carbocycles. The van der Waals surface area contributed by atoms with Gasteiger partial charge in [-0.05, 0) is 50.2 Å². The van der Waals surface area contributed by atoms with E-state index >= 15 is 0 Å². The topological polar surface area (TPSA) is 167 Å². The third kappa shape index (κ3) is 8.13. The van der Waals surface area contributed by atoms with E-state index in [1.807, 2.05) is 0 Å². The van der Waals surface area contributed by atoms with E-state index in [-0.39, 0.29) is 45.7 Å². The number of rotatable bonds is 3. The second-order valence-corrected chi connectivity index (χ2v) is 5.09. The Hall–Kier alpha value is -3.10. The number of hydrogen-bond donors (Lipinski definition) is 6. The van der Waals surface area contributed by atoms with Crippen molar-refractivity contribution in [2.24, 2.45) is 11.5 Å². The summed E-state index contributed by atoms with van der Waals surface area (Å²) in [4.78, 5) is 21.5. The molecule has 0 unspecified atom stereocenters. The van der Waals surface area contributed by atoms with Gasteiger partial charge in [-0.3, -0.25) is 9.59 Å². The molecule has 8 heteroatoms. The minimum absolute atomic E-state index is 0.0204. The van der Waals surface area contributed by atoms with E-state index in [1.165, 1.54) is 50.2 Å². The molecule has 2 rings (SSSR count). The van der Waals surface area contributed by atoms with E-state index in [4.69, 9.17) is 31.9 Å². The fraction of sp³-hybridized carbons (Fsp3) is 0.222. The Kier molecular flexibility index (Phi) is 10.1. The lowest BCUT2D eigenvalue weighted by atomic mass is 10.1. The number of nitrogens with two attached hydrogens (primary N) is 2. The highest BCUT2D eigenvalue weighted by Crippen LogP contribution is 2.22. The van der Waals surface area contributed by atoms with Crippen molar-refractivity contribution in [1.82, 2.24) is 0 Å². The SMILES string of the molecule is CC(=O)c1cc(O)ccc1O.CC(=O)c1cc(O)ccc1O.NCCN. The zero-order valence-electron chi connectivity index (χ0n) is 14.6. The predicted octanol–water partition coefficient (Wildman–Crippen LogP) is 1.50. The lowest BCUT2D eigenvalue weighted by Crippen LogP contribution is -2.11. The number of phenols is 4. The van der Waals surface area contributed by atoms with Gasteiger partial charge in [0.15, 0.2) is 11.6 Å². The van der Waals surface area contributed by atoms with Crippen LogP contribution in [0.4, 0.5) is 0 Å². The Labute approximate surface area is 151 Å². The van der Waals surface area contributed by atoms with Crippen LogP contribution in [-0.4, -0.2) is 45.1 Å². The minimum atomic E-state index is -0.265. The number of aromatic hydroxyl groups is 4. The molecule has 0 saturated heterocycles. The Balaban J connectivity index is 0.000000401. The highest BCUT2D eigenvalue weighted by atomic mass is 16.3. The molecular weight excluding hydrogens is 340 g/mol. The minimum Gasteiger partial charge on any atom is -0.508 e. The summed E-state index contributed by atoms with van der Waals surface area (Å²) >= 11 is 0. The highest BCUT2D eigenvalue weighted by molar-refractivity contribution is 5.97. The van der Waals surface area contributed by atoms with Crippen LogP contribution >= 0.6 is 0 Å². The maximum Gasteiger partial charge on any atom is 0.163 e. The van der Waals surface area contributed by atoms with E-state index in [1.54, 1.807) is 0 Å². The predicted molar refractivity (Wildman–Crippen MR) is 97.7 cm³/mol. The number of ketones is 2. The van der Waals surface area contributed by atoms with Gasteiger partial charge in [0, 0.05) is 13.1 Å². The normalized spacial score (nSPS) is 9.23. The molecule has 0 radical (unpaired) electrons. The number of carbonyl (C=O) groups excluding carboxylic acids is 2. The molecule has 0 fully saturated rings. The van der Waals surface area contributed by atoms with Crippen molar-refractivity contribution in [3.63, 3.8) is 0 Å². The fourth-order valence-corrected chi connectivity index (χ4v) is 1.61. The van der Waals surface area contributed by atoms with Crippen LogP contribution in [0.25, 0.3) is 0 Å². The maximum atomic E-state index is 10.7. The van der Waals surface area contributed by atoms with E-state index in [0.717, 1.165) is 0 Å². The first-order chi connectivity index (χ1) is 12.1. The van der Waals surface area contributed by atoms with Crippen LogP contribution in [0.3, 0.4) is 0 Å². The van der Waals surface area contributed by atoms with Crippen molar-refractivity contribution in [2.45, 2.75) is 13.8 Å². The molecule has 26 heavy (non-hydrogen) atoms. The summed E-state index contributed by atoms with van der Waals surface area (Å²) in [7, 11) is 0. The standard InChI is InChI=1S/2C8H8O3.C2H8N2/c2*1-5(9)7-4-6(10)2-3-8(7)11;3-1-2-4/h2*2-4,10-11H,1H3;1-4H2. The van der Waals surface area contributed by atoms with Gasteiger partial charge in [0.05, 0.1) is 11.1 Å². The summed E-state index contributed by atoms with van der Waals surface area (Å²) in [5.41, 5.74) is 10.1. The van der Waals surface area contributed by atoms with Crippen LogP contribution in [0.1, 0.15) is 34.6 Å². The molecule has 0 bridgehead atoms. The summed E-state index contributed by atoms with van der Waals surface area (Å²) in [6, 6.07) is 7.68. The molecule has 0 aliphatic carbocycles. The number of benzene rings is 2. The van der Waals surface area contributed by atoms with Gasteiger partial charge < -0.3 is 31.9 Å². The van der Waals surface area contributed by atoms with Gasteiger partial charge in [-0.2, -0.15) is 0 Å². The zero-order valence-corrected chi connectivity index (χ0v) is 14.6. The summed E-state index contributed by atoms with van der Waals surface area (Å²) in [5.74, 6) is -0.775. The van der Waals surface area contributed by atoms with Gasteiger partial charge in [-0.1, -0.05) is 0 Å². The Morgan fingerprint density at radius 2 is 1.04 bits per heavy atom. The largest absolute Gasteiger partial charge is 0.508 e. The Bertz CT molecular complexity index is 683. The molecule has 0 aliphatic heterocycles. The van der Waals surface area contributed by atoms with E-state index < -0.39 is 0 Å². The van der Waals surface area contributed by atoms with Gasteiger partial charge in [0.1, 0.15) is 23.0 Å². The molecule has 2 aromatic rings. The second-order valence-electron chi connectivity index (χ2n) is 5.09. The lowest BCUT2D eigenvalue weighted by Gasteiger charge is -1.99. The Morgan fingerprint density at radius 3 is 1.23 bits per heavy atom. The van der Waals surface area contributed by atoms with Gasteiger partial charge in [-0.15, -0.1) is 0 Å². The molecular formula is C18H24N2O6. The van der Waals surface area contributed by atoms with Crippen molar-refractivity contribution in [3.8, 4) is 23.0 Å². The first-order valence-corrected chi connectivity index (χ1v) is 7.60. The van der Waals surface area contributed by atoms with Crippen LogP contribution < -0.4 is 11.5 Å². The Morgan fingerprint density at radius 1 is 0.731 bits per heavy atom. The average molecular weight is 364 g/mol. The number of Topliss-reactive ketones (excluding diaryl/α,β-unsaturated/α-hetero) is 2. The van der Waals surface area contributed by atoms with Crippen LogP contribution in [-0.2, 0) is 0 Å². The monoisotopic (exact) mass is 364 g/mol. The van der Waals surface area contributed by atoms with Crippen LogP contribution in [0.15, 0.2) is 36.4 Å². The number of phenolic OH excluding ortho intramolecular Hbond substituents is 4. The third-order valence-electron chi connectivity index (χ3n) is 2.89. The molecule has 0 aliphatic rings. The molecule has 142 valence electrons. The van der Waals surface area contributed by atoms with Crippen molar-refractivity contribution >= 4 is 11.6 Å². The van der Waals surface area contributed by atoms with Crippen LogP contribution in [0.2, 0.25) is 0 Å². The van der Waals surface area contributed by atoms with Gasteiger partial charge in [0.25, 0.3) is 0 Å². The maximum absolute atomic E-state index is 10.7. The molecule has 0 spiro atoms. The fourth-order valence-electron chi connectivity index (χ4n) is 1.61. The molecule has 0 atom stereocenters. The van der Waals surface area contributed by atoms with E-state index in [2.05, 4.69) is 0 Å². The molecule has 0 aromatic heterocycles. The van der Waals surface area contributed by atoms with Gasteiger partial charge in [-0.25, -0.2) is 0 Å². The molecule has 0 heterocycles. The van der Waals surface area contributed by atoms with E-state index in [0.29, 0.717) is 13.1 Å². The quantitative estimate of drug-likeness (QED) is 0.352. The van der Waals surface area contributed by atoms with Crippen molar-refractivity contribution in [2.75, 3.05) is 13.1 Å². The third-order valence-corrected chi connectivity index (χ3v) is 2.89. The van der Waals surface area contributed by atoms with Crippen molar-refractivity contribution in [3.05, 3.63) is 47.5 Å². The zero-order chi connectivity index (χ0) is 20.3. The number of hydrogen-bond acceptors (Lipinski definition) is 8. The van der Waals surface area contributed by atoms with Crippen LogP contribution in [0.5, 0.6) is 23.0 Å². The van der Waals surface area contributed by atoms with Crippen LogP contribution in [0, 0.1) is 0 Å². The molecule has 8 N–H and O–H groups in total. The molecule has 8 nitrogen and oxygen atoms in total. The van der Waals surface area contributed by atoms with Crippen molar-refractivity contribution in [1.29, 1.82) is 0 Å². The highest BCUT2D eigenvalue weighted by Gasteiger charge is 2.06. The summed E-state index contributed by atoms with van der Waals surface area (Å²) < 4.78 is 0. The summed E-state index contributed by atoms with van der Waals surface area (Å²) in [6.45, 7) is 3.85. The van der Waals surface area contributed by atoms with E-state index in [9.17, 15) is 9.59 Å². The smallest absolute Gasteiger partial charge is 0.163 e. The molecule has 0 amide bonds. The summed E-state index contributed by atoms with van der Waals surface area (Å²) in [5, 5.41) is 36.0. The van der Waals surface area contributed by atoms with Gasteiger partial charge >= 0.3 is 0 Å². The molecule has 2 aromatic carbocycles. The number of carbonyl (C=O) groups is 2.